The number of hydrogen-bond donors (Lipinski definition) is 1. The first kappa shape index (κ1) is 1.09. The van der Waals surface area contributed by atoms with E-state index in [0.29, 0.717) is 0 Å². The van der Waals surface area contributed by atoms with Crippen LogP contribution in [0.15, 0.2) is 0 Å². The van der Waals surface area contributed by atoms with Crippen LogP contribution >= 0.6 is 12.4 Å². The maximum absolute atomic E-state index is 6.57. The highest BCUT2D eigenvalue weighted by Crippen LogP contribution is 1.37. The summed E-state index contributed by atoms with van der Waals surface area (Å²) in [4.78, 5) is 0. The minimum absolute atomic E-state index is 0. The molecule has 0 aromatic rings. The molecule has 0 amide bonds. The Balaban J connectivity index is 0. The smallest absolute Gasteiger partial charge is 0.0409 e. The first-order valence-corrected chi connectivity index (χ1v) is 0.705. The Labute approximate surface area is 46.8 Å². The van der Waals surface area contributed by atoms with E-state index < -0.39 is 14.0 Å². The number of nitrogens with zero attached hydrogens (tertiary/aromatic N) is 1. The van der Waals surface area contributed by atoms with E-state index in [4.69, 9.17) is 14.1 Å². The third-order valence-corrected chi connectivity index (χ3v) is 0. The fraction of sp³-hybridized carbons (Fsp3) is 1.00. The Morgan fingerprint density at radius 3 is 2.20 bits per heavy atom. The second-order valence-corrected chi connectivity index (χ2v) is 0.370. The summed E-state index contributed by atoms with van der Waals surface area (Å²) >= 11 is 0. The van der Waals surface area contributed by atoms with Gasteiger partial charge in [-0.25, -0.2) is 0 Å². The van der Waals surface area contributed by atoms with Gasteiger partial charge in [-0.05, 0) is 0 Å². The summed E-state index contributed by atoms with van der Waals surface area (Å²) in [5.74, 6) is 4.74. The average molecular weight is 103 g/mol. The van der Waals surface area contributed by atoms with E-state index >= 15 is 0 Å². The second kappa shape index (κ2) is 4.21. The van der Waals surface area contributed by atoms with Gasteiger partial charge in [0.15, 0.2) is 0 Å². The molecule has 34 valence electrons. The van der Waals surface area contributed by atoms with Crippen LogP contribution in [-0.2, 0) is 0 Å². The van der Waals surface area contributed by atoms with Gasteiger partial charge in [-0.3, -0.25) is 10.9 Å². The first-order valence-electron chi connectivity index (χ1n) is 3.71. The number of nitrogens with two attached hydrogens (primary N) is 1. The number of rotatable bonds is 0. The van der Waals surface area contributed by atoms with E-state index in [9.17, 15) is 0 Å². The van der Waals surface area contributed by atoms with Crippen LogP contribution in [0.4, 0.5) is 0 Å². The molecule has 0 aromatic carbocycles. The minimum Gasteiger partial charge on any atom is -0.269 e. The molecule has 0 saturated heterocycles. The van der Waals surface area contributed by atoms with Gasteiger partial charge in [0.25, 0.3) is 0 Å². The molecule has 0 rings (SSSR count). The summed E-state index contributed by atoms with van der Waals surface area (Å²) in [6.07, 6.45) is 0. The molecule has 0 aliphatic heterocycles. The summed E-state index contributed by atoms with van der Waals surface area (Å²) in [6.45, 7) is -5.52. The van der Waals surface area contributed by atoms with Crippen LogP contribution in [0.2, 0.25) is 0 Å². The van der Waals surface area contributed by atoms with Gasteiger partial charge in [0.2, 0.25) is 0 Å². The first-order chi connectivity index (χ1) is 4.15. The minimum atomic E-state index is -2.76. The normalized spacial score (nSPS) is 30.0. The van der Waals surface area contributed by atoms with Crippen molar-refractivity contribution in [2.75, 3.05) is 14.0 Å². The largest absolute Gasteiger partial charge is 0.269 e. The number of halogens is 1. The Hall–Kier alpha value is 0.210. The summed E-state index contributed by atoms with van der Waals surface area (Å²) in [5.41, 5.74) is 0. The maximum Gasteiger partial charge on any atom is 0.0409 e. The van der Waals surface area contributed by atoms with E-state index in [2.05, 4.69) is 0 Å². The van der Waals surface area contributed by atoms with Crippen molar-refractivity contribution in [3.8, 4) is 0 Å². The molecule has 0 atom stereocenters. The molecule has 2 nitrogen and oxygen atoms in total. The SMILES string of the molecule is Cl.[2H]C([2H])([2H])N(N)C([2H])([2H])[2H]. The van der Waals surface area contributed by atoms with Crippen LogP contribution in [-0.4, -0.2) is 19.0 Å². The molecule has 5 heavy (non-hydrogen) atoms. The van der Waals surface area contributed by atoms with Crippen molar-refractivity contribution in [2.45, 2.75) is 0 Å². The molecule has 3 heteroatoms. The Morgan fingerprint density at radius 1 is 1.80 bits per heavy atom. The molecule has 0 heterocycles. The molecule has 0 unspecified atom stereocenters. The van der Waals surface area contributed by atoms with E-state index in [1.165, 1.54) is 0 Å². The van der Waals surface area contributed by atoms with Crippen molar-refractivity contribution in [1.29, 1.82) is 0 Å². The van der Waals surface area contributed by atoms with Gasteiger partial charge in [0.1, 0.15) is 0 Å². The average Bonchev–Trinajstić information content (AvgIpc) is 1.59. The van der Waals surface area contributed by atoms with Crippen molar-refractivity contribution in [3.05, 3.63) is 0 Å². The zero-order valence-electron chi connectivity index (χ0n) is 8.43. The molecule has 0 aliphatic rings. The number of hydrazine groups is 1. The zero-order chi connectivity index (χ0) is 8.58. The van der Waals surface area contributed by atoms with E-state index in [1.54, 1.807) is 0 Å². The van der Waals surface area contributed by atoms with Gasteiger partial charge in [-0.1, -0.05) is 0 Å². The van der Waals surface area contributed by atoms with Crippen molar-refractivity contribution in [1.82, 2.24) is 5.01 Å². The summed E-state index contributed by atoms with van der Waals surface area (Å²) in [5, 5.41) is -0.125. The Kier molecular flexibility index (Phi) is 0.917. The predicted molar refractivity (Wildman–Crippen MR) is 25.1 cm³/mol. The molecule has 0 spiro atoms. The van der Waals surface area contributed by atoms with Crippen LogP contribution in [0.3, 0.4) is 0 Å². The fourth-order valence-electron chi connectivity index (χ4n) is 0. The van der Waals surface area contributed by atoms with Gasteiger partial charge in [0.05, 0.1) is 0 Å². The van der Waals surface area contributed by atoms with Crippen LogP contribution in [0.5, 0.6) is 0 Å². The second-order valence-electron chi connectivity index (χ2n) is 0.370. The Morgan fingerprint density at radius 2 is 2.20 bits per heavy atom. The molecular formula is C2H9ClN2. The lowest BCUT2D eigenvalue weighted by Crippen LogP contribution is -2.18. The monoisotopic (exact) mass is 102 g/mol. The molecule has 2 N–H and O–H groups in total. The summed E-state index contributed by atoms with van der Waals surface area (Å²) in [7, 11) is 0. The van der Waals surface area contributed by atoms with E-state index in [1.807, 2.05) is 0 Å². The van der Waals surface area contributed by atoms with E-state index in [-0.39, 0.29) is 17.4 Å². The predicted octanol–water partition coefficient (Wildman–Crippen LogP) is -0.156. The van der Waals surface area contributed by atoms with Crippen molar-refractivity contribution < 1.29 is 8.22 Å². The van der Waals surface area contributed by atoms with E-state index in [0.717, 1.165) is 0 Å². The van der Waals surface area contributed by atoms with Gasteiger partial charge in [0, 0.05) is 22.2 Å². The van der Waals surface area contributed by atoms with Crippen molar-refractivity contribution in [3.63, 3.8) is 0 Å². The third-order valence-electron chi connectivity index (χ3n) is 0. The number of hydrogen-bond acceptors (Lipinski definition) is 2. The van der Waals surface area contributed by atoms with Gasteiger partial charge in [-0.15, -0.1) is 12.4 Å². The molecular weight excluding hydrogens is 87.5 g/mol. The van der Waals surface area contributed by atoms with Crippen LogP contribution in [0.1, 0.15) is 8.22 Å². The Bertz CT molecular complexity index is 103. The molecule has 0 bridgehead atoms. The highest BCUT2D eigenvalue weighted by molar-refractivity contribution is 5.85. The summed E-state index contributed by atoms with van der Waals surface area (Å²) < 4.78 is 39.4. The lowest BCUT2D eigenvalue weighted by atomic mass is 11.2. The topological polar surface area (TPSA) is 29.3 Å². The lowest BCUT2D eigenvalue weighted by Gasteiger charge is -1.91. The van der Waals surface area contributed by atoms with Crippen LogP contribution in [0, 0.1) is 0 Å². The third kappa shape index (κ3) is 466. The standard InChI is InChI=1S/C2H8N2.ClH/c1-4(2)3;/h3H2,1-2H3;1H/i1D3,2D3;. The molecule has 0 aliphatic carbocycles. The molecule has 0 saturated carbocycles. The summed E-state index contributed by atoms with van der Waals surface area (Å²) in [6, 6.07) is 0. The molecule has 0 aromatic heterocycles. The van der Waals surface area contributed by atoms with Gasteiger partial charge >= 0.3 is 0 Å². The van der Waals surface area contributed by atoms with Crippen molar-refractivity contribution in [2.24, 2.45) is 5.84 Å². The quantitative estimate of drug-likeness (QED) is 0.340. The fourth-order valence-corrected chi connectivity index (χ4v) is 0. The molecule has 0 radical (unpaired) electrons. The highest BCUT2D eigenvalue weighted by atomic mass is 35.5. The van der Waals surface area contributed by atoms with Gasteiger partial charge < -0.3 is 0 Å². The lowest BCUT2D eigenvalue weighted by molar-refractivity contribution is 0.432. The van der Waals surface area contributed by atoms with Crippen LogP contribution in [0.25, 0.3) is 0 Å². The zero-order valence-corrected chi connectivity index (χ0v) is 3.25. The van der Waals surface area contributed by atoms with Crippen molar-refractivity contribution >= 4 is 12.4 Å². The van der Waals surface area contributed by atoms with Gasteiger partial charge in [-0.2, -0.15) is 0 Å². The maximum atomic E-state index is 6.57. The molecule has 0 fully saturated rings. The highest BCUT2D eigenvalue weighted by Gasteiger charge is 1.57. The van der Waals surface area contributed by atoms with Crippen LogP contribution < -0.4 is 5.84 Å².